The number of cyclic esters (lactones) is 1. The van der Waals surface area contributed by atoms with E-state index in [1.54, 1.807) is 22.5 Å². The average molecular weight is 1170 g/mol. The van der Waals surface area contributed by atoms with Gasteiger partial charge in [0.1, 0.15) is 61.1 Å². The van der Waals surface area contributed by atoms with Crippen molar-refractivity contribution in [2.75, 3.05) is 56.6 Å². The monoisotopic (exact) mass is 1170 g/mol. The summed E-state index contributed by atoms with van der Waals surface area (Å²) < 4.78 is 72.2. The van der Waals surface area contributed by atoms with E-state index < -0.39 is 83.7 Å². The number of pyridine rings is 3. The number of phenolic OH excluding ortho intramolecular Hbond substituents is 1. The molecule has 10 heterocycles. The van der Waals surface area contributed by atoms with Crippen molar-refractivity contribution in [3.05, 3.63) is 116 Å². The molecule has 20 nitrogen and oxygen atoms in total. The zero-order valence-electron chi connectivity index (χ0n) is 46.8. The minimum atomic E-state index is -2.04. The SMILES string of the molecule is C#Cc1c(F)ccc2cc(O)cc(-c3ncc4c(N5CC6CCC(C5)N6C(=O)C(=C)COC(=O)NCC(=O)OC5(CC)C(=O)OCc6c5cc5n(c6=O)Cc6c-5nc5ccc(N)c7c5c6CCC7)nc(OCC56CCCN5CC(F)C6)nc4c3F)c12. The number of aryl methyl sites for hydroxylation is 2. The molecule has 2 amide bonds. The number of nitrogen functional groups attached to an aromatic ring is 1. The summed E-state index contributed by atoms with van der Waals surface area (Å²) in [5.41, 5.74) is 8.57. The second-order valence-corrected chi connectivity index (χ2v) is 23.4. The number of esters is 2. The molecular formula is C63H57F3N10O10. The molecule has 3 aromatic carbocycles. The van der Waals surface area contributed by atoms with Crippen molar-refractivity contribution in [3.63, 3.8) is 0 Å². The lowest BCUT2D eigenvalue weighted by Crippen LogP contribution is -2.56. The second-order valence-electron chi connectivity index (χ2n) is 23.4. The molecular weight excluding hydrogens is 1110 g/mol. The van der Waals surface area contributed by atoms with Crippen molar-refractivity contribution in [2.45, 2.75) is 107 Å². The molecule has 0 spiro atoms. The molecule has 5 atom stereocenters. The first-order valence-corrected chi connectivity index (χ1v) is 28.8. The molecule has 4 aromatic heterocycles. The molecule has 23 heteroatoms. The van der Waals surface area contributed by atoms with Crippen molar-refractivity contribution in [3.8, 4) is 46.7 Å². The maximum absolute atomic E-state index is 17.4. The lowest BCUT2D eigenvalue weighted by atomic mass is 9.85. The number of hydrogen-bond donors (Lipinski definition) is 3. The maximum atomic E-state index is 17.4. The predicted octanol–water partition coefficient (Wildman–Crippen LogP) is 6.94. The third kappa shape index (κ3) is 8.56. The Morgan fingerprint density at radius 3 is 2.57 bits per heavy atom. The molecule has 4 N–H and O–H groups in total. The van der Waals surface area contributed by atoms with Gasteiger partial charge < -0.3 is 49.5 Å². The first-order chi connectivity index (χ1) is 41.5. The van der Waals surface area contributed by atoms with E-state index in [-0.39, 0.29) is 120 Å². The molecule has 0 radical (unpaired) electrons. The van der Waals surface area contributed by atoms with E-state index in [0.717, 1.165) is 59.3 Å². The van der Waals surface area contributed by atoms with Crippen molar-refractivity contribution in [2.24, 2.45) is 0 Å². The Kier molecular flexibility index (Phi) is 13.0. The minimum Gasteiger partial charge on any atom is -0.508 e. The van der Waals surface area contributed by atoms with E-state index in [4.69, 9.17) is 41.1 Å². The normalized spacial score (nSPS) is 22.5. The maximum Gasteiger partial charge on any atom is 0.407 e. The van der Waals surface area contributed by atoms with Crippen LogP contribution >= 0.6 is 0 Å². The quantitative estimate of drug-likeness (QED) is 0.0368. The standard InChI is InChI=1S/C63H57F3N10O10/c1-4-37-45(65)13-10-32-18-36(77)19-40(50(32)37)54-52(66)55-41(22-68-54)56(72-60(71-55)85-30-62-16-7-17-74(62)24-33(64)21-62)73-25-34-11-12-35(26-73)76(34)57(79)31(3)28-84-61(82)69-23-49(78)86-63(5-2)44-20-48-53-42(27-75(48)58(80)43(44)29-83-59(63)81)38-8-6-9-39-46(67)14-15-47(70-53)51(38)39/h1,10,13-15,18-20,22,33-35,77H,3,5-9,11-12,16-17,21,23-30,67H2,2H3,(H,69,82). The molecule has 14 rings (SSSR count). The molecule has 7 aliphatic rings. The number of ether oxygens (including phenoxy) is 4. The number of carbonyl (C=O) groups excluding carboxylic acids is 4. The van der Waals surface area contributed by atoms with E-state index in [1.165, 1.54) is 24.4 Å². The number of aromatic nitrogens is 5. The Bertz CT molecular complexity index is 4270. The first-order valence-electron chi connectivity index (χ1n) is 28.8. The third-order valence-electron chi connectivity index (χ3n) is 18.6. The number of fused-ring (bicyclic) bond motifs is 10. The van der Waals surface area contributed by atoms with Gasteiger partial charge in [0.05, 0.1) is 57.6 Å². The van der Waals surface area contributed by atoms with Gasteiger partial charge in [-0.25, -0.2) is 27.7 Å². The molecule has 86 heavy (non-hydrogen) atoms. The summed E-state index contributed by atoms with van der Waals surface area (Å²) in [7, 11) is 0. The van der Waals surface area contributed by atoms with Crippen LogP contribution in [0.2, 0.25) is 0 Å². The number of anilines is 2. The predicted molar refractivity (Wildman–Crippen MR) is 308 cm³/mol. The topological polar surface area (TPSA) is 247 Å². The van der Waals surface area contributed by atoms with Crippen LogP contribution in [-0.4, -0.2) is 133 Å². The summed E-state index contributed by atoms with van der Waals surface area (Å²) in [5.74, 6) is -1.67. The van der Waals surface area contributed by atoms with Crippen LogP contribution in [0.25, 0.3) is 55.2 Å². The highest BCUT2D eigenvalue weighted by atomic mass is 19.1. The van der Waals surface area contributed by atoms with Gasteiger partial charge in [-0.15, -0.1) is 6.42 Å². The Balaban J connectivity index is 0.665. The van der Waals surface area contributed by atoms with Crippen LogP contribution in [-0.2, 0) is 60.2 Å². The van der Waals surface area contributed by atoms with Gasteiger partial charge in [0.25, 0.3) is 11.5 Å². The number of benzene rings is 3. The third-order valence-corrected chi connectivity index (χ3v) is 18.6. The highest BCUT2D eigenvalue weighted by Crippen LogP contribution is 2.46. The molecule has 2 bridgehead atoms. The number of nitrogens with zero attached hydrogens (tertiary/aromatic N) is 8. The zero-order chi connectivity index (χ0) is 59.7. The summed E-state index contributed by atoms with van der Waals surface area (Å²) in [5, 5.41) is 14.8. The van der Waals surface area contributed by atoms with Crippen LogP contribution in [0.15, 0.2) is 65.6 Å². The molecule has 1 aliphatic carbocycles. The number of rotatable bonds is 12. The summed E-state index contributed by atoms with van der Waals surface area (Å²) in [6, 6.07) is 9.59. The number of alkyl halides is 1. The lowest BCUT2D eigenvalue weighted by molar-refractivity contribution is -0.188. The molecule has 6 aliphatic heterocycles. The number of nitrogens with one attached hydrogen (secondary N) is 1. The number of terminal acetylenes is 1. The van der Waals surface area contributed by atoms with Gasteiger partial charge in [-0.3, -0.25) is 24.3 Å². The largest absolute Gasteiger partial charge is 0.508 e. The van der Waals surface area contributed by atoms with Crippen LogP contribution in [0.3, 0.4) is 0 Å². The van der Waals surface area contributed by atoms with E-state index in [0.29, 0.717) is 48.3 Å². The van der Waals surface area contributed by atoms with Crippen molar-refractivity contribution < 1.29 is 56.4 Å². The lowest BCUT2D eigenvalue weighted by Gasteiger charge is -2.42. The summed E-state index contributed by atoms with van der Waals surface area (Å²) in [4.78, 5) is 93.7. The van der Waals surface area contributed by atoms with Crippen LogP contribution in [0.1, 0.15) is 85.3 Å². The van der Waals surface area contributed by atoms with Crippen molar-refractivity contribution in [1.82, 2.24) is 39.6 Å². The Morgan fingerprint density at radius 1 is 0.977 bits per heavy atom. The van der Waals surface area contributed by atoms with Crippen molar-refractivity contribution in [1.29, 1.82) is 0 Å². The highest BCUT2D eigenvalue weighted by molar-refractivity contribution is 6.03. The van der Waals surface area contributed by atoms with E-state index >= 15 is 8.78 Å². The summed E-state index contributed by atoms with van der Waals surface area (Å²) in [6.45, 7) is 5.63. The van der Waals surface area contributed by atoms with Gasteiger partial charge in [-0.1, -0.05) is 25.5 Å². The number of alkyl carbamates (subject to hydrolysis) is 1. The molecule has 5 unspecified atom stereocenters. The number of amides is 2. The smallest absolute Gasteiger partial charge is 0.407 e. The number of carbonyl (C=O) groups is 4. The van der Waals surface area contributed by atoms with Gasteiger partial charge in [0.15, 0.2) is 5.82 Å². The van der Waals surface area contributed by atoms with E-state index in [2.05, 4.69) is 32.7 Å². The average Bonchev–Trinajstić information content (AvgIpc) is 1.75. The van der Waals surface area contributed by atoms with Crippen LogP contribution in [0.5, 0.6) is 11.8 Å². The van der Waals surface area contributed by atoms with Crippen LogP contribution in [0, 0.1) is 24.0 Å². The van der Waals surface area contributed by atoms with Gasteiger partial charge in [-0.2, -0.15) is 9.97 Å². The molecule has 0 saturated carbocycles. The van der Waals surface area contributed by atoms with Gasteiger partial charge >= 0.3 is 24.0 Å². The Hall–Kier alpha value is -9.30. The first kappa shape index (κ1) is 54.6. The summed E-state index contributed by atoms with van der Waals surface area (Å²) >= 11 is 0. The number of hydrogen-bond acceptors (Lipinski definition) is 17. The number of phenols is 1. The number of aromatic hydroxyl groups is 1. The Labute approximate surface area is 489 Å². The van der Waals surface area contributed by atoms with Crippen LogP contribution < -0.4 is 26.2 Å². The number of nitrogens with two attached hydrogens (primary N) is 1. The Morgan fingerprint density at radius 2 is 1.78 bits per heavy atom. The fraction of sp³-hybridized carbons (Fsp3) is 0.381. The molecule has 4 fully saturated rings. The molecule has 440 valence electrons. The number of halogens is 3. The molecule has 7 aromatic rings. The van der Waals surface area contributed by atoms with E-state index in [9.17, 15) is 33.5 Å². The highest BCUT2D eigenvalue weighted by Gasteiger charge is 2.52. The molecule has 4 saturated heterocycles. The van der Waals surface area contributed by atoms with E-state index in [1.807, 2.05) is 17.0 Å². The van der Waals surface area contributed by atoms with Gasteiger partial charge in [-0.05, 0) is 111 Å². The summed E-state index contributed by atoms with van der Waals surface area (Å²) in [6.07, 6.45) is 10.4. The van der Waals surface area contributed by atoms with Gasteiger partial charge in [0.2, 0.25) is 5.60 Å². The van der Waals surface area contributed by atoms with Crippen LogP contribution in [0.4, 0.5) is 29.5 Å². The van der Waals surface area contributed by atoms with Gasteiger partial charge in [0, 0.05) is 71.0 Å². The minimum absolute atomic E-state index is 0.0276. The zero-order valence-corrected chi connectivity index (χ0v) is 46.8. The number of piperazine rings is 1. The fourth-order valence-corrected chi connectivity index (χ4v) is 14.6. The van der Waals surface area contributed by atoms with Crippen molar-refractivity contribution >= 4 is 68.0 Å². The second kappa shape index (κ2) is 20.5. The fourth-order valence-electron chi connectivity index (χ4n) is 14.6.